The zero-order valence-corrected chi connectivity index (χ0v) is 16.5. The average molecular weight is 397 g/mol. The van der Waals surface area contributed by atoms with Crippen molar-refractivity contribution in [2.24, 2.45) is 0 Å². The molecule has 1 atom stereocenters. The van der Waals surface area contributed by atoms with Crippen molar-refractivity contribution in [2.45, 2.75) is 32.0 Å². The van der Waals surface area contributed by atoms with Crippen LogP contribution in [0.2, 0.25) is 0 Å². The van der Waals surface area contributed by atoms with E-state index in [-0.39, 0.29) is 24.4 Å². The monoisotopic (exact) mass is 396 g/mol. The van der Waals surface area contributed by atoms with E-state index in [0.29, 0.717) is 6.54 Å². The van der Waals surface area contributed by atoms with Gasteiger partial charge in [0.05, 0.1) is 12.6 Å². The predicted octanol–water partition coefficient (Wildman–Crippen LogP) is 3.39. The smallest absolute Gasteiger partial charge is 0.237 e. The van der Waals surface area contributed by atoms with Crippen molar-refractivity contribution >= 4 is 18.3 Å². The van der Waals surface area contributed by atoms with Crippen molar-refractivity contribution in [2.75, 3.05) is 6.54 Å². The van der Waals surface area contributed by atoms with E-state index in [4.69, 9.17) is 0 Å². The quantitative estimate of drug-likeness (QED) is 0.671. The third kappa shape index (κ3) is 4.80. The number of hydrogen-bond donors (Lipinski definition) is 2. The van der Waals surface area contributed by atoms with Gasteiger partial charge in [-0.25, -0.2) is 0 Å². The van der Waals surface area contributed by atoms with Crippen LogP contribution in [-0.4, -0.2) is 28.3 Å². The van der Waals surface area contributed by atoms with Crippen LogP contribution in [0.15, 0.2) is 67.0 Å². The lowest BCUT2D eigenvalue weighted by Crippen LogP contribution is -2.40. The van der Waals surface area contributed by atoms with E-state index in [1.807, 2.05) is 29.1 Å². The molecule has 0 saturated carbocycles. The van der Waals surface area contributed by atoms with Crippen molar-refractivity contribution in [1.82, 2.24) is 20.4 Å². The van der Waals surface area contributed by atoms with Crippen molar-refractivity contribution in [3.8, 4) is 11.1 Å². The Morgan fingerprint density at radius 1 is 1.14 bits per heavy atom. The van der Waals surface area contributed by atoms with Gasteiger partial charge in [-0.1, -0.05) is 48.5 Å². The maximum absolute atomic E-state index is 12.3. The molecule has 1 fully saturated rings. The second kappa shape index (κ2) is 9.53. The highest BCUT2D eigenvalue weighted by Gasteiger charge is 2.21. The summed E-state index contributed by atoms with van der Waals surface area (Å²) in [7, 11) is 0. The van der Waals surface area contributed by atoms with E-state index in [1.165, 1.54) is 5.56 Å². The lowest BCUT2D eigenvalue weighted by molar-refractivity contribution is -0.122. The Morgan fingerprint density at radius 2 is 1.96 bits per heavy atom. The van der Waals surface area contributed by atoms with Gasteiger partial charge in [-0.3, -0.25) is 9.48 Å². The molecule has 2 heterocycles. The first-order valence-corrected chi connectivity index (χ1v) is 9.45. The van der Waals surface area contributed by atoms with Gasteiger partial charge < -0.3 is 10.6 Å². The molecule has 1 aliphatic heterocycles. The van der Waals surface area contributed by atoms with E-state index in [1.54, 1.807) is 6.20 Å². The zero-order chi connectivity index (χ0) is 18.5. The molecule has 0 aliphatic carbocycles. The molecular formula is C22H25ClN4O. The number of halogens is 1. The molecular weight excluding hydrogens is 372 g/mol. The summed E-state index contributed by atoms with van der Waals surface area (Å²) < 4.78 is 1.91. The van der Waals surface area contributed by atoms with Crippen LogP contribution in [0.1, 0.15) is 24.0 Å². The Balaban J connectivity index is 0.00000225. The van der Waals surface area contributed by atoms with E-state index in [2.05, 4.69) is 52.1 Å². The van der Waals surface area contributed by atoms with Crippen LogP contribution in [-0.2, 0) is 17.9 Å². The largest absolute Gasteiger partial charge is 0.351 e. The van der Waals surface area contributed by atoms with E-state index in [9.17, 15) is 4.79 Å². The number of aromatic nitrogens is 2. The summed E-state index contributed by atoms with van der Waals surface area (Å²) in [5, 5.41) is 10.6. The van der Waals surface area contributed by atoms with Gasteiger partial charge >= 0.3 is 0 Å². The summed E-state index contributed by atoms with van der Waals surface area (Å²) in [6.45, 7) is 2.24. The summed E-state index contributed by atoms with van der Waals surface area (Å²) >= 11 is 0. The van der Waals surface area contributed by atoms with Crippen LogP contribution in [0.4, 0.5) is 0 Å². The minimum Gasteiger partial charge on any atom is -0.351 e. The molecule has 1 unspecified atom stereocenters. The highest BCUT2D eigenvalue weighted by molar-refractivity contribution is 5.85. The van der Waals surface area contributed by atoms with Crippen LogP contribution in [0.3, 0.4) is 0 Å². The summed E-state index contributed by atoms with van der Waals surface area (Å²) in [6, 6.07) is 18.7. The predicted molar refractivity (Wildman–Crippen MR) is 113 cm³/mol. The van der Waals surface area contributed by atoms with Crippen molar-refractivity contribution < 1.29 is 4.79 Å². The standard InChI is InChI=1S/C22H24N4O.ClH/c27-22(21-7-3-12-23-21)24-15-19-5-1-2-6-20(19)18-10-8-17(9-11-18)16-26-14-4-13-25-26;/h1-2,4-6,8-11,13-14,21,23H,3,7,12,15-16H2,(H,24,27);1H. The Hall–Kier alpha value is -2.63. The fourth-order valence-corrected chi connectivity index (χ4v) is 3.54. The third-order valence-corrected chi connectivity index (χ3v) is 5.02. The van der Waals surface area contributed by atoms with E-state index in [0.717, 1.165) is 42.6 Å². The van der Waals surface area contributed by atoms with Crippen molar-refractivity contribution in [1.29, 1.82) is 0 Å². The number of carbonyl (C=O) groups is 1. The fraction of sp³-hybridized carbons (Fsp3) is 0.273. The second-order valence-corrected chi connectivity index (χ2v) is 6.92. The van der Waals surface area contributed by atoms with Gasteiger partial charge in [0.25, 0.3) is 0 Å². The number of carbonyl (C=O) groups excluding carboxylic acids is 1. The van der Waals surface area contributed by atoms with Gasteiger partial charge in [0, 0.05) is 18.9 Å². The molecule has 4 rings (SSSR count). The highest BCUT2D eigenvalue weighted by Crippen LogP contribution is 2.24. The molecule has 1 aliphatic rings. The first kappa shape index (κ1) is 20.1. The minimum absolute atomic E-state index is 0. The van der Waals surface area contributed by atoms with Gasteiger partial charge in [-0.05, 0) is 47.7 Å². The summed E-state index contributed by atoms with van der Waals surface area (Å²) in [5.74, 6) is 0.0943. The maximum atomic E-state index is 12.3. The van der Waals surface area contributed by atoms with E-state index < -0.39 is 0 Å². The van der Waals surface area contributed by atoms with Crippen molar-refractivity contribution in [3.05, 3.63) is 78.1 Å². The maximum Gasteiger partial charge on any atom is 0.237 e. The molecule has 5 nitrogen and oxygen atoms in total. The molecule has 0 radical (unpaired) electrons. The van der Waals surface area contributed by atoms with Crippen LogP contribution in [0.5, 0.6) is 0 Å². The van der Waals surface area contributed by atoms with Crippen LogP contribution in [0, 0.1) is 0 Å². The molecule has 0 bridgehead atoms. The molecule has 2 aromatic carbocycles. The fourth-order valence-electron chi connectivity index (χ4n) is 3.54. The Morgan fingerprint density at radius 3 is 2.68 bits per heavy atom. The van der Waals surface area contributed by atoms with Gasteiger partial charge in [-0.2, -0.15) is 5.10 Å². The summed E-state index contributed by atoms with van der Waals surface area (Å²) in [6.07, 6.45) is 5.75. The molecule has 1 aromatic heterocycles. The number of rotatable bonds is 6. The minimum atomic E-state index is -0.0428. The number of amides is 1. The lowest BCUT2D eigenvalue weighted by Gasteiger charge is -2.14. The first-order chi connectivity index (χ1) is 13.3. The number of hydrogen-bond acceptors (Lipinski definition) is 3. The summed E-state index contributed by atoms with van der Waals surface area (Å²) in [5.41, 5.74) is 4.65. The number of nitrogens with one attached hydrogen (secondary N) is 2. The third-order valence-electron chi connectivity index (χ3n) is 5.02. The normalized spacial score (nSPS) is 15.8. The Labute approximate surface area is 171 Å². The number of benzene rings is 2. The average Bonchev–Trinajstić information content (AvgIpc) is 3.41. The SMILES string of the molecule is Cl.O=C(NCc1ccccc1-c1ccc(Cn2cccn2)cc1)C1CCCN1. The Bertz CT molecular complexity index is 887. The molecule has 28 heavy (non-hydrogen) atoms. The topological polar surface area (TPSA) is 59.0 Å². The van der Waals surface area contributed by atoms with Crippen LogP contribution >= 0.6 is 12.4 Å². The van der Waals surface area contributed by atoms with Crippen LogP contribution < -0.4 is 10.6 Å². The van der Waals surface area contributed by atoms with Crippen molar-refractivity contribution in [3.63, 3.8) is 0 Å². The molecule has 0 spiro atoms. The summed E-state index contributed by atoms with van der Waals surface area (Å²) in [4.78, 5) is 12.3. The van der Waals surface area contributed by atoms with Crippen LogP contribution in [0.25, 0.3) is 11.1 Å². The van der Waals surface area contributed by atoms with E-state index >= 15 is 0 Å². The molecule has 3 aromatic rings. The molecule has 1 saturated heterocycles. The lowest BCUT2D eigenvalue weighted by atomic mass is 9.98. The molecule has 6 heteroatoms. The Kier molecular flexibility index (Phi) is 6.85. The van der Waals surface area contributed by atoms with Gasteiger partial charge in [-0.15, -0.1) is 12.4 Å². The molecule has 1 amide bonds. The highest BCUT2D eigenvalue weighted by atomic mass is 35.5. The first-order valence-electron chi connectivity index (χ1n) is 9.45. The van der Waals surface area contributed by atoms with Gasteiger partial charge in [0.2, 0.25) is 5.91 Å². The second-order valence-electron chi connectivity index (χ2n) is 6.92. The van der Waals surface area contributed by atoms with Gasteiger partial charge in [0.15, 0.2) is 0 Å². The zero-order valence-electron chi connectivity index (χ0n) is 15.7. The van der Waals surface area contributed by atoms with Gasteiger partial charge in [0.1, 0.15) is 0 Å². The molecule has 2 N–H and O–H groups in total. The number of nitrogens with zero attached hydrogens (tertiary/aromatic N) is 2. The molecule has 146 valence electrons.